The Balaban J connectivity index is 1.58. The van der Waals surface area contributed by atoms with E-state index in [2.05, 4.69) is 55.9 Å². The Labute approximate surface area is 179 Å². The van der Waals surface area contributed by atoms with E-state index in [0.717, 1.165) is 88.3 Å². The lowest BCUT2D eigenvalue weighted by atomic mass is 10.2. The normalized spacial score (nSPS) is 14.8. The van der Waals surface area contributed by atoms with Crippen molar-refractivity contribution < 1.29 is 4.74 Å². The summed E-state index contributed by atoms with van der Waals surface area (Å²) in [4.78, 5) is 9.64. The van der Waals surface area contributed by atoms with Crippen molar-refractivity contribution in [2.45, 2.75) is 39.7 Å². The molecule has 1 N–H and O–H groups in total. The number of benzene rings is 1. The van der Waals surface area contributed by atoms with Gasteiger partial charge >= 0.3 is 0 Å². The molecule has 0 aliphatic carbocycles. The highest BCUT2D eigenvalue weighted by atomic mass is 16.5. The predicted molar refractivity (Wildman–Crippen MR) is 121 cm³/mol. The number of aliphatic imine (C=N–C) groups is 1. The summed E-state index contributed by atoms with van der Waals surface area (Å²) < 4.78 is 7.65. The highest BCUT2D eigenvalue weighted by Crippen LogP contribution is 2.28. The Kier molecular flexibility index (Phi) is 8.35. The summed E-state index contributed by atoms with van der Waals surface area (Å²) in [6, 6.07) is 8.24. The van der Waals surface area contributed by atoms with Crippen LogP contribution in [0.2, 0.25) is 0 Å². The molecule has 1 aromatic heterocycles. The number of hydrogen-bond donors (Lipinski definition) is 1. The number of hydrogen-bond acceptors (Lipinski definition) is 5. The molecule has 0 saturated carbocycles. The third kappa shape index (κ3) is 5.64. The summed E-state index contributed by atoms with van der Waals surface area (Å²) >= 11 is 0. The topological polar surface area (TPSA) is 70.8 Å². The maximum Gasteiger partial charge on any atom is 0.194 e. The number of aryl methyl sites for hydroxylation is 1. The van der Waals surface area contributed by atoms with Gasteiger partial charge in [0, 0.05) is 52.2 Å². The van der Waals surface area contributed by atoms with Crippen LogP contribution in [0.5, 0.6) is 5.75 Å². The van der Waals surface area contributed by atoms with Gasteiger partial charge in [-0.15, -0.1) is 10.2 Å². The van der Waals surface area contributed by atoms with Crippen LogP contribution in [0.1, 0.15) is 32.5 Å². The summed E-state index contributed by atoms with van der Waals surface area (Å²) in [6.45, 7) is 10.6. The van der Waals surface area contributed by atoms with E-state index < -0.39 is 0 Å². The number of piperazine rings is 1. The fraction of sp³-hybridized carbons (Fsp3) is 0.591. The van der Waals surface area contributed by atoms with E-state index in [1.165, 1.54) is 0 Å². The second-order valence-corrected chi connectivity index (χ2v) is 7.43. The Morgan fingerprint density at radius 3 is 2.70 bits per heavy atom. The van der Waals surface area contributed by atoms with Crippen LogP contribution in [0.4, 0.5) is 5.69 Å². The number of nitrogens with zero attached hydrogens (tertiary/aromatic N) is 6. The van der Waals surface area contributed by atoms with Gasteiger partial charge < -0.3 is 24.4 Å². The van der Waals surface area contributed by atoms with Crippen molar-refractivity contribution in [3.8, 4) is 5.75 Å². The Bertz CT molecular complexity index is 796. The first-order valence-electron chi connectivity index (χ1n) is 11.0. The minimum Gasteiger partial charge on any atom is -0.495 e. The number of anilines is 1. The number of para-hydroxylation sites is 2. The van der Waals surface area contributed by atoms with Crippen molar-refractivity contribution >= 4 is 11.6 Å². The van der Waals surface area contributed by atoms with Crippen molar-refractivity contribution in [2.75, 3.05) is 51.3 Å². The summed E-state index contributed by atoms with van der Waals surface area (Å²) in [6.07, 6.45) is 4.96. The molecule has 1 aliphatic heterocycles. The third-order valence-corrected chi connectivity index (χ3v) is 5.43. The predicted octanol–water partition coefficient (Wildman–Crippen LogP) is 2.42. The van der Waals surface area contributed by atoms with Crippen LogP contribution < -0.4 is 15.0 Å². The highest BCUT2D eigenvalue weighted by Gasteiger charge is 2.21. The van der Waals surface area contributed by atoms with Gasteiger partial charge in [0.2, 0.25) is 0 Å². The van der Waals surface area contributed by atoms with Crippen LogP contribution in [-0.4, -0.2) is 72.0 Å². The SMILES string of the molecule is CCCCN=C(NCCn1cnnc1CC)N1CCN(c2ccccc2OC)CC1. The van der Waals surface area contributed by atoms with Crippen molar-refractivity contribution in [2.24, 2.45) is 4.99 Å². The number of methoxy groups -OCH3 is 1. The molecule has 2 heterocycles. The lowest BCUT2D eigenvalue weighted by molar-refractivity contribution is 0.365. The second kappa shape index (κ2) is 11.4. The molecule has 8 nitrogen and oxygen atoms in total. The minimum atomic E-state index is 0.808. The van der Waals surface area contributed by atoms with Gasteiger partial charge in [0.25, 0.3) is 0 Å². The van der Waals surface area contributed by atoms with Crippen molar-refractivity contribution in [1.29, 1.82) is 0 Å². The van der Waals surface area contributed by atoms with Gasteiger partial charge in [0.1, 0.15) is 17.9 Å². The van der Waals surface area contributed by atoms with E-state index in [1.807, 2.05) is 12.1 Å². The number of rotatable bonds is 9. The molecule has 0 bridgehead atoms. The number of guanidine groups is 1. The molecular weight excluding hydrogens is 378 g/mol. The van der Waals surface area contributed by atoms with Crippen molar-refractivity contribution in [3.63, 3.8) is 0 Å². The first-order chi connectivity index (χ1) is 14.8. The first kappa shape index (κ1) is 21.9. The van der Waals surface area contributed by atoms with Crippen LogP contribution >= 0.6 is 0 Å². The monoisotopic (exact) mass is 413 g/mol. The van der Waals surface area contributed by atoms with Gasteiger partial charge in [-0.25, -0.2) is 0 Å². The lowest BCUT2D eigenvalue weighted by Crippen LogP contribution is -2.53. The fourth-order valence-corrected chi connectivity index (χ4v) is 3.69. The zero-order valence-corrected chi connectivity index (χ0v) is 18.5. The molecule has 8 heteroatoms. The number of unbranched alkanes of at least 4 members (excludes halogenated alkanes) is 1. The van der Waals surface area contributed by atoms with E-state index in [0.29, 0.717) is 0 Å². The van der Waals surface area contributed by atoms with Crippen LogP contribution in [0, 0.1) is 0 Å². The molecule has 1 fully saturated rings. The Hall–Kier alpha value is -2.77. The summed E-state index contributed by atoms with van der Waals surface area (Å²) in [5, 5.41) is 11.8. The Morgan fingerprint density at radius 2 is 1.97 bits per heavy atom. The van der Waals surface area contributed by atoms with Gasteiger partial charge in [-0.05, 0) is 18.6 Å². The van der Waals surface area contributed by atoms with Crippen LogP contribution in [0.3, 0.4) is 0 Å². The summed E-state index contributed by atoms with van der Waals surface area (Å²) in [7, 11) is 1.73. The van der Waals surface area contributed by atoms with Crippen LogP contribution in [0.15, 0.2) is 35.6 Å². The van der Waals surface area contributed by atoms with Crippen molar-refractivity contribution in [1.82, 2.24) is 25.0 Å². The smallest absolute Gasteiger partial charge is 0.194 e. The average molecular weight is 414 g/mol. The summed E-state index contributed by atoms with van der Waals surface area (Å²) in [5.74, 6) is 2.96. The molecule has 1 saturated heterocycles. The molecular formula is C22H35N7O. The minimum absolute atomic E-state index is 0.808. The van der Waals surface area contributed by atoms with Crippen molar-refractivity contribution in [3.05, 3.63) is 36.4 Å². The van der Waals surface area contributed by atoms with E-state index >= 15 is 0 Å². The molecule has 1 aliphatic rings. The molecule has 1 aromatic carbocycles. The molecule has 30 heavy (non-hydrogen) atoms. The van der Waals surface area contributed by atoms with E-state index in [9.17, 15) is 0 Å². The van der Waals surface area contributed by atoms with Gasteiger partial charge in [-0.3, -0.25) is 4.99 Å². The van der Waals surface area contributed by atoms with Gasteiger partial charge in [-0.1, -0.05) is 32.4 Å². The summed E-state index contributed by atoms with van der Waals surface area (Å²) in [5.41, 5.74) is 1.16. The highest BCUT2D eigenvalue weighted by molar-refractivity contribution is 5.80. The lowest BCUT2D eigenvalue weighted by Gasteiger charge is -2.38. The molecule has 0 spiro atoms. The molecule has 0 amide bonds. The number of nitrogens with one attached hydrogen (secondary N) is 1. The maximum absolute atomic E-state index is 5.54. The second-order valence-electron chi connectivity index (χ2n) is 7.43. The first-order valence-corrected chi connectivity index (χ1v) is 11.0. The standard InChI is InChI=1S/C22H35N7O/c1-4-6-11-23-22(24-12-13-29-18-25-26-21(29)5-2)28-16-14-27(15-17-28)19-9-7-8-10-20(19)30-3/h7-10,18H,4-6,11-17H2,1-3H3,(H,23,24). The molecule has 164 valence electrons. The molecule has 3 rings (SSSR count). The maximum atomic E-state index is 5.54. The third-order valence-electron chi connectivity index (χ3n) is 5.43. The average Bonchev–Trinajstić information content (AvgIpc) is 3.26. The van der Waals surface area contributed by atoms with Gasteiger partial charge in [0.05, 0.1) is 12.8 Å². The molecule has 2 aromatic rings. The number of ether oxygens (including phenoxy) is 1. The molecule has 0 unspecified atom stereocenters. The zero-order chi connectivity index (χ0) is 21.2. The fourth-order valence-electron chi connectivity index (χ4n) is 3.69. The number of aromatic nitrogens is 3. The molecule has 0 radical (unpaired) electrons. The van der Waals surface area contributed by atoms with E-state index in [4.69, 9.17) is 9.73 Å². The Morgan fingerprint density at radius 1 is 1.17 bits per heavy atom. The van der Waals surface area contributed by atoms with E-state index in [1.54, 1.807) is 13.4 Å². The zero-order valence-electron chi connectivity index (χ0n) is 18.5. The van der Waals surface area contributed by atoms with Gasteiger partial charge in [0.15, 0.2) is 5.96 Å². The molecule has 0 atom stereocenters. The van der Waals surface area contributed by atoms with Crippen LogP contribution in [0.25, 0.3) is 0 Å². The van der Waals surface area contributed by atoms with Gasteiger partial charge in [-0.2, -0.15) is 0 Å². The largest absolute Gasteiger partial charge is 0.495 e. The quantitative estimate of drug-likeness (QED) is 0.387. The van der Waals surface area contributed by atoms with Crippen LogP contribution in [-0.2, 0) is 13.0 Å². The van der Waals surface area contributed by atoms with E-state index in [-0.39, 0.29) is 0 Å².